The first kappa shape index (κ1) is 23.3. The minimum atomic E-state index is -1.22. The molecule has 1 aromatic carbocycles. The molecule has 0 aromatic heterocycles. The predicted octanol–water partition coefficient (Wildman–Crippen LogP) is 0.412. The Kier molecular flexibility index (Phi) is 9.36. The van der Waals surface area contributed by atoms with Crippen molar-refractivity contribution in [3.05, 3.63) is 28.8 Å². The van der Waals surface area contributed by atoms with Crippen molar-refractivity contribution in [3.63, 3.8) is 0 Å². The van der Waals surface area contributed by atoms with Crippen LogP contribution >= 0.6 is 11.6 Å². The van der Waals surface area contributed by atoms with Gasteiger partial charge in [0.05, 0.1) is 31.2 Å². The zero-order valence-electron chi connectivity index (χ0n) is 15.1. The van der Waals surface area contributed by atoms with E-state index in [0.717, 1.165) is 10.5 Å². The van der Waals surface area contributed by atoms with E-state index in [-0.39, 0.29) is 23.9 Å². The zero-order chi connectivity index (χ0) is 21.3. The van der Waals surface area contributed by atoms with Crippen molar-refractivity contribution >= 4 is 35.5 Å². The summed E-state index contributed by atoms with van der Waals surface area (Å²) in [6.45, 7) is -0.275. The number of aryl methyl sites for hydroxylation is 1. The van der Waals surface area contributed by atoms with Gasteiger partial charge in [-0.05, 0) is 24.6 Å². The van der Waals surface area contributed by atoms with E-state index < -0.39 is 50.1 Å². The van der Waals surface area contributed by atoms with Crippen molar-refractivity contribution in [3.8, 4) is 5.75 Å². The van der Waals surface area contributed by atoms with Gasteiger partial charge in [0.2, 0.25) is 0 Å². The molecule has 28 heavy (non-hydrogen) atoms. The highest BCUT2D eigenvalue weighted by atomic mass is 35.5. The first-order valence-corrected chi connectivity index (χ1v) is 8.51. The summed E-state index contributed by atoms with van der Waals surface area (Å²) in [5.74, 6) is -4.27. The van der Waals surface area contributed by atoms with Gasteiger partial charge in [-0.3, -0.25) is 29.0 Å². The number of carbonyl (C=O) groups excluding carboxylic acids is 1. The van der Waals surface area contributed by atoms with Gasteiger partial charge in [0.15, 0.2) is 0 Å². The van der Waals surface area contributed by atoms with Crippen LogP contribution in [-0.4, -0.2) is 88.3 Å². The third kappa shape index (κ3) is 9.31. The molecule has 0 aliphatic carbocycles. The van der Waals surface area contributed by atoms with E-state index in [1.54, 1.807) is 12.1 Å². The monoisotopic (exact) mass is 416 g/mol. The van der Waals surface area contributed by atoms with Crippen molar-refractivity contribution in [2.45, 2.75) is 6.92 Å². The Morgan fingerprint density at radius 3 is 1.79 bits per heavy atom. The van der Waals surface area contributed by atoms with Gasteiger partial charge in [-0.2, -0.15) is 0 Å². The third-order valence-corrected chi connectivity index (χ3v) is 3.77. The normalized spacial score (nSPS) is 10.9. The summed E-state index contributed by atoms with van der Waals surface area (Å²) in [5, 5.41) is 26.9. The van der Waals surface area contributed by atoms with Crippen LogP contribution in [0, 0.1) is 6.92 Å². The first-order valence-electron chi connectivity index (χ1n) is 8.13. The van der Waals surface area contributed by atoms with Gasteiger partial charge in [-0.15, -0.1) is 0 Å². The average molecular weight is 417 g/mol. The van der Waals surface area contributed by atoms with Crippen molar-refractivity contribution in [2.75, 3.05) is 39.3 Å². The van der Waals surface area contributed by atoms with Gasteiger partial charge in [-0.25, -0.2) is 0 Å². The number of aliphatic carboxylic acids is 3. The zero-order valence-corrected chi connectivity index (χ0v) is 15.9. The number of carboxylic acid groups (broad SMARTS) is 3. The minimum absolute atomic E-state index is 0.0520. The van der Waals surface area contributed by atoms with E-state index in [1.807, 2.05) is 6.92 Å². The van der Waals surface area contributed by atoms with Gasteiger partial charge < -0.3 is 20.1 Å². The number of hydrogen-bond acceptors (Lipinski definition) is 7. The van der Waals surface area contributed by atoms with Crippen molar-refractivity contribution in [1.82, 2.24) is 9.80 Å². The quantitative estimate of drug-likeness (QED) is 0.323. The maximum Gasteiger partial charge on any atom is 0.325 e. The van der Waals surface area contributed by atoms with Crippen LogP contribution in [0.5, 0.6) is 5.75 Å². The molecule has 1 rings (SSSR count). The van der Waals surface area contributed by atoms with E-state index in [2.05, 4.69) is 0 Å². The molecule has 3 N–H and O–H groups in total. The van der Waals surface area contributed by atoms with Gasteiger partial charge in [-0.1, -0.05) is 17.7 Å². The lowest BCUT2D eigenvalue weighted by atomic mass is 10.2. The number of carbonyl (C=O) groups is 4. The second kappa shape index (κ2) is 11.2. The fourth-order valence-corrected chi connectivity index (χ4v) is 2.58. The number of ether oxygens (including phenoxy) is 1. The molecule has 1 aromatic rings. The van der Waals surface area contributed by atoms with Crippen LogP contribution in [0.3, 0.4) is 0 Å². The van der Waals surface area contributed by atoms with Crippen LogP contribution in [0.25, 0.3) is 0 Å². The van der Waals surface area contributed by atoms with Crippen molar-refractivity contribution in [1.29, 1.82) is 0 Å². The molecule has 0 saturated heterocycles. The Morgan fingerprint density at radius 1 is 0.893 bits per heavy atom. The SMILES string of the molecule is Cc1ccc(OC(=O)CN(CCN(CC(=O)O)CC(=O)O)CC(=O)O)c(Cl)c1. The van der Waals surface area contributed by atoms with Crippen LogP contribution in [-0.2, 0) is 19.2 Å². The highest BCUT2D eigenvalue weighted by Crippen LogP contribution is 2.25. The third-order valence-electron chi connectivity index (χ3n) is 3.47. The maximum absolute atomic E-state index is 12.1. The molecule has 0 saturated carbocycles. The Hall–Kier alpha value is -2.69. The Balaban J connectivity index is 2.72. The molecule has 0 heterocycles. The summed E-state index contributed by atoms with van der Waals surface area (Å²) in [6.07, 6.45) is 0. The van der Waals surface area contributed by atoms with Crippen LogP contribution in [0.15, 0.2) is 18.2 Å². The smallest absolute Gasteiger partial charge is 0.325 e. The second-order valence-corrected chi connectivity index (χ2v) is 6.42. The molecular weight excluding hydrogens is 396 g/mol. The lowest BCUT2D eigenvalue weighted by molar-refractivity contribution is -0.144. The largest absolute Gasteiger partial charge is 0.480 e. The minimum Gasteiger partial charge on any atom is -0.480 e. The number of rotatable bonds is 12. The van der Waals surface area contributed by atoms with Crippen LogP contribution in [0.4, 0.5) is 0 Å². The van der Waals surface area contributed by atoms with Gasteiger partial charge in [0.25, 0.3) is 0 Å². The lowest BCUT2D eigenvalue weighted by Gasteiger charge is -2.24. The molecule has 0 atom stereocenters. The van der Waals surface area contributed by atoms with Crippen LogP contribution < -0.4 is 4.74 Å². The number of halogens is 1. The molecular formula is C17H21ClN2O8. The van der Waals surface area contributed by atoms with Gasteiger partial charge in [0.1, 0.15) is 5.75 Å². The fourth-order valence-electron chi connectivity index (χ4n) is 2.31. The molecule has 154 valence electrons. The molecule has 0 amide bonds. The van der Waals surface area contributed by atoms with Crippen LogP contribution in [0.1, 0.15) is 5.56 Å². The predicted molar refractivity (Wildman–Crippen MR) is 97.6 cm³/mol. The van der Waals surface area contributed by atoms with E-state index in [1.165, 1.54) is 11.0 Å². The Bertz CT molecular complexity index is 724. The van der Waals surface area contributed by atoms with Crippen molar-refractivity contribution in [2.24, 2.45) is 0 Å². The first-order chi connectivity index (χ1) is 13.1. The van der Waals surface area contributed by atoms with E-state index in [0.29, 0.717) is 0 Å². The molecule has 0 spiro atoms. The highest BCUT2D eigenvalue weighted by Gasteiger charge is 2.19. The second-order valence-electron chi connectivity index (χ2n) is 6.01. The fraction of sp³-hybridized carbons (Fsp3) is 0.412. The molecule has 0 fully saturated rings. The van der Waals surface area contributed by atoms with E-state index in [9.17, 15) is 19.2 Å². The number of carboxylic acids is 3. The summed E-state index contributed by atoms with van der Waals surface area (Å²) in [7, 11) is 0. The average Bonchev–Trinajstić information content (AvgIpc) is 2.53. The molecule has 11 heteroatoms. The highest BCUT2D eigenvalue weighted by molar-refractivity contribution is 6.32. The summed E-state index contributed by atoms with van der Waals surface area (Å²) in [6, 6.07) is 4.81. The summed E-state index contributed by atoms with van der Waals surface area (Å²) in [5.41, 5.74) is 0.870. The molecule has 0 aliphatic heterocycles. The summed E-state index contributed by atoms with van der Waals surface area (Å²) >= 11 is 5.99. The number of nitrogens with zero attached hydrogens (tertiary/aromatic N) is 2. The Labute approximate surface area is 165 Å². The van der Waals surface area contributed by atoms with E-state index >= 15 is 0 Å². The number of benzene rings is 1. The Morgan fingerprint density at radius 2 is 1.36 bits per heavy atom. The molecule has 0 unspecified atom stereocenters. The molecule has 0 aliphatic rings. The van der Waals surface area contributed by atoms with Crippen LogP contribution in [0.2, 0.25) is 5.02 Å². The molecule has 0 bridgehead atoms. The summed E-state index contributed by atoms with van der Waals surface area (Å²) in [4.78, 5) is 47.1. The number of hydrogen-bond donors (Lipinski definition) is 3. The lowest BCUT2D eigenvalue weighted by Crippen LogP contribution is -2.43. The van der Waals surface area contributed by atoms with Gasteiger partial charge >= 0.3 is 23.9 Å². The standard InChI is InChI=1S/C17H21ClN2O8/c1-11-2-3-13(12(18)6-11)28-17(27)10-20(9-16(25)26)5-4-19(7-14(21)22)8-15(23)24/h2-3,6H,4-5,7-10H2,1H3,(H,21,22)(H,23,24)(H,25,26). The van der Waals surface area contributed by atoms with Crippen molar-refractivity contribution < 1.29 is 39.2 Å². The van der Waals surface area contributed by atoms with Gasteiger partial charge in [0, 0.05) is 13.1 Å². The maximum atomic E-state index is 12.1. The topological polar surface area (TPSA) is 145 Å². The molecule has 10 nitrogen and oxygen atoms in total. The van der Waals surface area contributed by atoms with E-state index in [4.69, 9.17) is 31.7 Å². The molecule has 0 radical (unpaired) electrons. The number of esters is 1. The summed E-state index contributed by atoms with van der Waals surface area (Å²) < 4.78 is 5.14.